The van der Waals surface area contributed by atoms with Crippen LogP contribution in [0, 0.1) is 11.8 Å². The number of amides is 1. The molecule has 0 aliphatic carbocycles. The van der Waals surface area contributed by atoms with Gasteiger partial charge < -0.3 is 5.32 Å². The molecule has 1 amide bonds. The van der Waals surface area contributed by atoms with Gasteiger partial charge in [-0.1, -0.05) is 27.7 Å². The largest absolute Gasteiger partial charge is 0.356 e. The molecule has 0 aromatic rings. The van der Waals surface area contributed by atoms with Gasteiger partial charge in [-0.05, 0) is 19.3 Å². The number of nitrogens with one attached hydrogen (secondary N) is 1. The van der Waals surface area contributed by atoms with E-state index in [9.17, 15) is 9.59 Å². The Labute approximate surface area is 99.0 Å². The van der Waals surface area contributed by atoms with E-state index in [4.69, 9.17) is 0 Å². The van der Waals surface area contributed by atoms with Crippen molar-refractivity contribution >= 4 is 11.7 Å². The normalized spacial score (nSPS) is 12.6. The van der Waals surface area contributed by atoms with Crippen molar-refractivity contribution in [3.8, 4) is 0 Å². The van der Waals surface area contributed by atoms with E-state index in [0.29, 0.717) is 18.7 Å². The van der Waals surface area contributed by atoms with Crippen molar-refractivity contribution < 1.29 is 9.59 Å². The molecule has 0 bridgehead atoms. The zero-order chi connectivity index (χ0) is 12.6. The molecule has 3 heteroatoms. The third-order valence-corrected chi connectivity index (χ3v) is 2.85. The lowest BCUT2D eigenvalue weighted by Crippen LogP contribution is -2.29. The van der Waals surface area contributed by atoms with Crippen molar-refractivity contribution in [1.82, 2.24) is 5.32 Å². The highest BCUT2D eigenvalue weighted by Crippen LogP contribution is 2.04. The standard InChI is InChI=1S/C13H25NO2/c1-5-11(4)13(16)14-9-7-6-8-12(15)10(2)3/h10-11H,5-9H2,1-4H3,(H,14,16). The first kappa shape index (κ1) is 15.1. The average molecular weight is 227 g/mol. The topological polar surface area (TPSA) is 46.2 Å². The van der Waals surface area contributed by atoms with Gasteiger partial charge in [-0.2, -0.15) is 0 Å². The summed E-state index contributed by atoms with van der Waals surface area (Å²) < 4.78 is 0. The van der Waals surface area contributed by atoms with Gasteiger partial charge >= 0.3 is 0 Å². The molecule has 0 radical (unpaired) electrons. The highest BCUT2D eigenvalue weighted by Gasteiger charge is 2.09. The van der Waals surface area contributed by atoms with Crippen LogP contribution in [-0.4, -0.2) is 18.2 Å². The second-order valence-electron chi connectivity index (χ2n) is 4.68. The monoisotopic (exact) mass is 227 g/mol. The van der Waals surface area contributed by atoms with Gasteiger partial charge in [0, 0.05) is 24.8 Å². The lowest BCUT2D eigenvalue weighted by Gasteiger charge is -2.09. The van der Waals surface area contributed by atoms with Crippen LogP contribution in [0.25, 0.3) is 0 Å². The number of Topliss-reactive ketones (excluding diaryl/α,β-unsaturated/α-hetero) is 1. The maximum absolute atomic E-state index is 11.4. The molecule has 16 heavy (non-hydrogen) atoms. The van der Waals surface area contributed by atoms with E-state index in [-0.39, 0.29) is 17.7 Å². The smallest absolute Gasteiger partial charge is 0.222 e. The van der Waals surface area contributed by atoms with Crippen molar-refractivity contribution in [2.75, 3.05) is 6.54 Å². The summed E-state index contributed by atoms with van der Waals surface area (Å²) in [5, 5.41) is 2.89. The third-order valence-electron chi connectivity index (χ3n) is 2.85. The fourth-order valence-corrected chi connectivity index (χ4v) is 1.28. The van der Waals surface area contributed by atoms with Crippen molar-refractivity contribution in [2.24, 2.45) is 11.8 Å². The SMILES string of the molecule is CCC(C)C(=O)NCCCCC(=O)C(C)C. The minimum atomic E-state index is 0.0947. The first-order valence-electron chi connectivity index (χ1n) is 6.29. The maximum atomic E-state index is 11.4. The van der Waals surface area contributed by atoms with Gasteiger partial charge in [0.25, 0.3) is 0 Å². The summed E-state index contributed by atoms with van der Waals surface area (Å²) in [6.07, 6.45) is 3.27. The molecule has 0 aromatic heterocycles. The van der Waals surface area contributed by atoms with Crippen LogP contribution < -0.4 is 5.32 Å². The van der Waals surface area contributed by atoms with Gasteiger partial charge in [0.05, 0.1) is 0 Å². The number of unbranched alkanes of at least 4 members (excludes halogenated alkanes) is 1. The molecular formula is C13H25NO2. The summed E-state index contributed by atoms with van der Waals surface area (Å²) in [5.74, 6) is 0.665. The Morgan fingerprint density at radius 1 is 1.12 bits per heavy atom. The third kappa shape index (κ3) is 6.59. The van der Waals surface area contributed by atoms with Crippen LogP contribution in [0.2, 0.25) is 0 Å². The number of carbonyl (C=O) groups is 2. The lowest BCUT2D eigenvalue weighted by molar-refractivity contribution is -0.124. The summed E-state index contributed by atoms with van der Waals surface area (Å²) in [5.41, 5.74) is 0. The Bertz CT molecular complexity index is 224. The van der Waals surface area contributed by atoms with E-state index < -0.39 is 0 Å². The van der Waals surface area contributed by atoms with Crippen molar-refractivity contribution in [3.05, 3.63) is 0 Å². The predicted molar refractivity (Wildman–Crippen MR) is 66.2 cm³/mol. The maximum Gasteiger partial charge on any atom is 0.222 e. The molecule has 0 rings (SSSR count). The first-order chi connectivity index (χ1) is 7.49. The molecule has 0 aliphatic rings. The van der Waals surface area contributed by atoms with Gasteiger partial charge in [0.1, 0.15) is 5.78 Å². The Kier molecular flexibility index (Phi) is 7.86. The number of ketones is 1. The molecular weight excluding hydrogens is 202 g/mol. The summed E-state index contributed by atoms with van der Waals surface area (Å²) >= 11 is 0. The van der Waals surface area contributed by atoms with Crippen LogP contribution >= 0.6 is 0 Å². The Morgan fingerprint density at radius 2 is 1.75 bits per heavy atom. The first-order valence-corrected chi connectivity index (χ1v) is 6.29. The van der Waals surface area contributed by atoms with Crippen LogP contribution in [-0.2, 0) is 9.59 Å². The fourth-order valence-electron chi connectivity index (χ4n) is 1.28. The molecule has 0 saturated carbocycles. The Hall–Kier alpha value is -0.860. The van der Waals surface area contributed by atoms with Crippen LogP contribution in [0.5, 0.6) is 0 Å². The quantitative estimate of drug-likeness (QED) is 0.648. The van der Waals surface area contributed by atoms with E-state index in [0.717, 1.165) is 19.3 Å². The Morgan fingerprint density at radius 3 is 2.25 bits per heavy atom. The van der Waals surface area contributed by atoms with Crippen molar-refractivity contribution in [2.45, 2.75) is 53.4 Å². The second-order valence-corrected chi connectivity index (χ2v) is 4.68. The van der Waals surface area contributed by atoms with Crippen LogP contribution in [0.15, 0.2) is 0 Å². The van der Waals surface area contributed by atoms with Gasteiger partial charge in [0.15, 0.2) is 0 Å². The highest BCUT2D eigenvalue weighted by molar-refractivity contribution is 5.80. The molecule has 0 saturated heterocycles. The average Bonchev–Trinajstić information content (AvgIpc) is 2.26. The van der Waals surface area contributed by atoms with Crippen molar-refractivity contribution in [3.63, 3.8) is 0 Å². The van der Waals surface area contributed by atoms with Gasteiger partial charge in [-0.25, -0.2) is 0 Å². The summed E-state index contributed by atoms with van der Waals surface area (Å²) in [6, 6.07) is 0. The molecule has 0 heterocycles. The van der Waals surface area contributed by atoms with Crippen LogP contribution in [0.4, 0.5) is 0 Å². The van der Waals surface area contributed by atoms with E-state index in [2.05, 4.69) is 5.32 Å². The molecule has 3 nitrogen and oxygen atoms in total. The van der Waals surface area contributed by atoms with E-state index >= 15 is 0 Å². The van der Waals surface area contributed by atoms with E-state index in [1.165, 1.54) is 0 Å². The molecule has 1 N–H and O–H groups in total. The van der Waals surface area contributed by atoms with E-state index in [1.807, 2.05) is 27.7 Å². The summed E-state index contributed by atoms with van der Waals surface area (Å²) in [4.78, 5) is 22.7. The Balaban J connectivity index is 3.47. The van der Waals surface area contributed by atoms with Gasteiger partial charge in [-0.15, -0.1) is 0 Å². The molecule has 0 aliphatic heterocycles. The second kappa shape index (κ2) is 8.31. The molecule has 94 valence electrons. The number of rotatable bonds is 8. The number of hydrogen-bond acceptors (Lipinski definition) is 2. The predicted octanol–water partition coefficient (Wildman–Crippen LogP) is 2.54. The van der Waals surface area contributed by atoms with Gasteiger partial charge in [0.2, 0.25) is 5.91 Å². The van der Waals surface area contributed by atoms with Crippen LogP contribution in [0.3, 0.4) is 0 Å². The fraction of sp³-hybridized carbons (Fsp3) is 0.846. The lowest BCUT2D eigenvalue weighted by atomic mass is 10.0. The molecule has 1 atom stereocenters. The van der Waals surface area contributed by atoms with E-state index in [1.54, 1.807) is 0 Å². The summed E-state index contributed by atoms with van der Waals surface area (Å²) in [6.45, 7) is 8.47. The van der Waals surface area contributed by atoms with Gasteiger partial charge in [-0.3, -0.25) is 9.59 Å². The van der Waals surface area contributed by atoms with Crippen LogP contribution in [0.1, 0.15) is 53.4 Å². The zero-order valence-corrected chi connectivity index (χ0v) is 11.0. The number of hydrogen-bond donors (Lipinski definition) is 1. The molecule has 0 spiro atoms. The minimum absolute atomic E-state index is 0.0947. The molecule has 1 unspecified atom stereocenters. The highest BCUT2D eigenvalue weighted by atomic mass is 16.1. The number of carbonyl (C=O) groups excluding carboxylic acids is 2. The zero-order valence-electron chi connectivity index (χ0n) is 11.0. The summed E-state index contributed by atoms with van der Waals surface area (Å²) in [7, 11) is 0. The minimum Gasteiger partial charge on any atom is -0.356 e. The molecule has 0 aromatic carbocycles. The van der Waals surface area contributed by atoms with Crippen molar-refractivity contribution in [1.29, 1.82) is 0 Å². The molecule has 0 fully saturated rings.